The molecule has 4 rings (SSSR count). The molecule has 0 aromatic heterocycles. The van der Waals surface area contributed by atoms with Crippen LogP contribution in [0.3, 0.4) is 0 Å². The molecule has 0 radical (unpaired) electrons. The average Bonchev–Trinajstić information content (AvgIpc) is 2.63. The summed E-state index contributed by atoms with van der Waals surface area (Å²) >= 11 is 0. The maximum absolute atomic E-state index is 13.3. The zero-order valence-corrected chi connectivity index (χ0v) is 14.2. The molecule has 0 bridgehead atoms. The molecule has 2 saturated heterocycles. The quantitative estimate of drug-likeness (QED) is 0.448. The van der Waals surface area contributed by atoms with Gasteiger partial charge in [0.05, 0.1) is 19.3 Å². The van der Waals surface area contributed by atoms with Crippen molar-refractivity contribution in [2.24, 2.45) is 5.41 Å². The van der Waals surface area contributed by atoms with Crippen LogP contribution in [0.1, 0.15) is 5.56 Å². The van der Waals surface area contributed by atoms with Crippen molar-refractivity contribution in [1.82, 2.24) is 10.2 Å². The second kappa shape index (κ2) is 5.84. The lowest BCUT2D eigenvalue weighted by molar-refractivity contribution is -0.155. The summed E-state index contributed by atoms with van der Waals surface area (Å²) in [5, 5.41) is 2.35. The summed E-state index contributed by atoms with van der Waals surface area (Å²) in [6.07, 6.45) is 1.63. The minimum atomic E-state index is -1.43. The maximum atomic E-state index is 13.3. The minimum absolute atomic E-state index is 0.0387. The molecule has 0 unspecified atom stereocenters. The summed E-state index contributed by atoms with van der Waals surface area (Å²) in [6.45, 7) is 4.93. The number of carbonyl (C=O) groups excluding carboxylic acids is 3. The average molecular weight is 356 g/mol. The number of nitrogen functional groups attached to an aromatic ring is 1. The largest absolute Gasteiger partial charge is 0.399 e. The first-order chi connectivity index (χ1) is 12.5. The molecule has 2 atom stereocenters. The Kier molecular flexibility index (Phi) is 3.73. The number of carbonyl (C=O) groups is 3. The van der Waals surface area contributed by atoms with Gasteiger partial charge in [-0.25, -0.2) is 4.79 Å². The molecule has 3 heterocycles. The molecule has 8 nitrogen and oxygen atoms in total. The lowest BCUT2D eigenvalue weighted by Gasteiger charge is -2.53. The second-order valence-corrected chi connectivity index (χ2v) is 6.78. The van der Waals surface area contributed by atoms with E-state index >= 15 is 0 Å². The van der Waals surface area contributed by atoms with Crippen molar-refractivity contribution < 1.29 is 19.1 Å². The van der Waals surface area contributed by atoms with Crippen molar-refractivity contribution >= 4 is 29.2 Å². The first-order valence-electron chi connectivity index (χ1n) is 8.50. The van der Waals surface area contributed by atoms with Gasteiger partial charge in [-0.1, -0.05) is 6.08 Å². The van der Waals surface area contributed by atoms with Gasteiger partial charge in [-0.3, -0.25) is 19.8 Å². The number of rotatable bonds is 2. The van der Waals surface area contributed by atoms with Gasteiger partial charge in [0.1, 0.15) is 0 Å². The van der Waals surface area contributed by atoms with E-state index in [0.717, 1.165) is 16.2 Å². The summed E-state index contributed by atoms with van der Waals surface area (Å²) in [7, 11) is 0. The van der Waals surface area contributed by atoms with E-state index in [-0.39, 0.29) is 19.6 Å². The van der Waals surface area contributed by atoms with Gasteiger partial charge < -0.3 is 15.4 Å². The van der Waals surface area contributed by atoms with E-state index in [1.807, 2.05) is 11.0 Å². The van der Waals surface area contributed by atoms with Crippen molar-refractivity contribution in [3.63, 3.8) is 0 Å². The van der Waals surface area contributed by atoms with E-state index in [0.29, 0.717) is 18.8 Å². The standard InChI is InChI=1S/C18H20N4O4/c1-2-5-22-16(24)18(15(23)20-17(22)25)9-11-8-12(19)3-4-13(11)21-6-7-26-10-14(18)21/h2-4,8,14H,1,5-7,9-10,19H2,(H,20,23,25)/t14-,18-/m1/s1. The first-order valence-corrected chi connectivity index (χ1v) is 8.50. The number of urea groups is 1. The number of hydrogen-bond donors (Lipinski definition) is 2. The molecular formula is C18H20N4O4. The second-order valence-electron chi connectivity index (χ2n) is 6.78. The Bertz CT molecular complexity index is 823. The van der Waals surface area contributed by atoms with Gasteiger partial charge >= 0.3 is 6.03 Å². The summed E-state index contributed by atoms with van der Waals surface area (Å²) in [5.74, 6) is -1.10. The fourth-order valence-corrected chi connectivity index (χ4v) is 4.20. The molecule has 136 valence electrons. The molecule has 3 aliphatic heterocycles. The number of nitrogens with zero attached hydrogens (tertiary/aromatic N) is 2. The number of nitrogens with two attached hydrogens (primary N) is 1. The number of anilines is 2. The molecule has 2 fully saturated rings. The van der Waals surface area contributed by atoms with Gasteiger partial charge in [-0.2, -0.15) is 0 Å². The Hall–Kier alpha value is -2.87. The topological polar surface area (TPSA) is 105 Å². The number of nitrogens with one attached hydrogen (secondary N) is 1. The molecule has 3 N–H and O–H groups in total. The number of hydrogen-bond acceptors (Lipinski definition) is 6. The molecule has 1 spiro atoms. The smallest absolute Gasteiger partial charge is 0.331 e. The van der Waals surface area contributed by atoms with Crippen LogP contribution in [-0.2, 0) is 20.7 Å². The number of benzene rings is 1. The van der Waals surface area contributed by atoms with Gasteiger partial charge in [-0.05, 0) is 30.2 Å². The molecule has 8 heteroatoms. The normalized spacial score (nSPS) is 27.8. The highest BCUT2D eigenvalue weighted by Gasteiger charge is 2.62. The van der Waals surface area contributed by atoms with E-state index in [9.17, 15) is 14.4 Å². The lowest BCUT2D eigenvalue weighted by atomic mass is 9.68. The van der Waals surface area contributed by atoms with Gasteiger partial charge in [-0.15, -0.1) is 6.58 Å². The summed E-state index contributed by atoms with van der Waals surface area (Å²) in [5.41, 5.74) is 6.83. The molecule has 0 aliphatic carbocycles. The minimum Gasteiger partial charge on any atom is -0.399 e. The summed E-state index contributed by atoms with van der Waals surface area (Å²) in [6, 6.07) is 4.30. The molecule has 4 amide bonds. The van der Waals surface area contributed by atoms with Crippen LogP contribution in [0, 0.1) is 5.41 Å². The van der Waals surface area contributed by atoms with E-state index < -0.39 is 29.3 Å². The summed E-state index contributed by atoms with van der Waals surface area (Å²) in [4.78, 5) is 41.5. The fourth-order valence-electron chi connectivity index (χ4n) is 4.20. The molecule has 1 aromatic carbocycles. The summed E-state index contributed by atoms with van der Waals surface area (Å²) < 4.78 is 5.60. The van der Waals surface area contributed by atoms with Gasteiger partial charge in [0.15, 0.2) is 5.41 Å². The Labute approximate surface area is 150 Å². The lowest BCUT2D eigenvalue weighted by Crippen LogP contribution is -2.73. The molecular weight excluding hydrogens is 336 g/mol. The fraction of sp³-hybridized carbons (Fsp3) is 0.389. The highest BCUT2D eigenvalue weighted by Crippen LogP contribution is 2.45. The predicted molar refractivity (Wildman–Crippen MR) is 94.4 cm³/mol. The van der Waals surface area contributed by atoms with Crippen LogP contribution in [0.4, 0.5) is 16.2 Å². The maximum Gasteiger partial charge on any atom is 0.331 e. The van der Waals surface area contributed by atoms with Crippen molar-refractivity contribution in [2.45, 2.75) is 12.5 Å². The molecule has 0 saturated carbocycles. The Balaban J connectivity index is 1.88. The number of amides is 4. The number of morpholine rings is 1. The number of barbiturate groups is 1. The van der Waals surface area contributed by atoms with Crippen LogP contribution in [0.15, 0.2) is 30.9 Å². The SMILES string of the molecule is C=CCN1C(=O)NC(=O)[C@]2(Cc3cc(N)ccc3N3CCOC[C@@H]32)C1=O. The third kappa shape index (κ3) is 2.15. The van der Waals surface area contributed by atoms with Gasteiger partial charge in [0.2, 0.25) is 11.8 Å². The molecule has 3 aliphatic rings. The van der Waals surface area contributed by atoms with Crippen LogP contribution in [-0.4, -0.2) is 55.1 Å². The van der Waals surface area contributed by atoms with Crippen molar-refractivity contribution in [2.75, 3.05) is 36.9 Å². The Morgan fingerprint density at radius 3 is 2.96 bits per heavy atom. The zero-order chi connectivity index (χ0) is 18.5. The highest BCUT2D eigenvalue weighted by atomic mass is 16.5. The van der Waals surface area contributed by atoms with E-state index in [4.69, 9.17) is 10.5 Å². The monoisotopic (exact) mass is 356 g/mol. The van der Waals surface area contributed by atoms with Crippen LogP contribution >= 0.6 is 0 Å². The number of imide groups is 2. The van der Waals surface area contributed by atoms with E-state index in [2.05, 4.69) is 11.9 Å². The van der Waals surface area contributed by atoms with E-state index in [1.165, 1.54) is 6.08 Å². The third-order valence-electron chi connectivity index (χ3n) is 5.39. The number of ether oxygens (including phenoxy) is 1. The zero-order valence-electron chi connectivity index (χ0n) is 14.2. The highest BCUT2D eigenvalue weighted by molar-refractivity contribution is 6.20. The van der Waals surface area contributed by atoms with Crippen LogP contribution < -0.4 is 16.0 Å². The number of fused-ring (bicyclic) bond motifs is 4. The van der Waals surface area contributed by atoms with Gasteiger partial charge in [0, 0.05) is 24.5 Å². The Morgan fingerprint density at radius 2 is 2.19 bits per heavy atom. The molecule has 1 aromatic rings. The van der Waals surface area contributed by atoms with Crippen LogP contribution in [0.5, 0.6) is 0 Å². The predicted octanol–water partition coefficient (Wildman–Crippen LogP) is 0.281. The van der Waals surface area contributed by atoms with Crippen LogP contribution in [0.2, 0.25) is 0 Å². The van der Waals surface area contributed by atoms with Crippen molar-refractivity contribution in [3.8, 4) is 0 Å². The van der Waals surface area contributed by atoms with E-state index in [1.54, 1.807) is 12.1 Å². The van der Waals surface area contributed by atoms with Crippen molar-refractivity contribution in [1.29, 1.82) is 0 Å². The molecule has 26 heavy (non-hydrogen) atoms. The first kappa shape index (κ1) is 16.6. The Morgan fingerprint density at radius 1 is 1.38 bits per heavy atom. The third-order valence-corrected chi connectivity index (χ3v) is 5.39. The van der Waals surface area contributed by atoms with Gasteiger partial charge in [0.25, 0.3) is 0 Å². The van der Waals surface area contributed by atoms with Crippen molar-refractivity contribution in [3.05, 3.63) is 36.4 Å². The van der Waals surface area contributed by atoms with Crippen LogP contribution in [0.25, 0.3) is 0 Å².